The zero-order valence-corrected chi connectivity index (χ0v) is 17.7. The second-order valence-electron chi connectivity index (χ2n) is 6.49. The Labute approximate surface area is 173 Å². The third kappa shape index (κ3) is 3.95. The number of aromatic amines is 1. The molecule has 0 spiro atoms. The van der Waals surface area contributed by atoms with Gasteiger partial charge in [0, 0.05) is 4.88 Å². The lowest BCUT2D eigenvalue weighted by Gasteiger charge is -2.15. The van der Waals surface area contributed by atoms with E-state index in [1.54, 1.807) is 0 Å². The molecule has 0 saturated carbocycles. The number of nitro groups is 1. The van der Waals surface area contributed by atoms with Crippen molar-refractivity contribution in [2.24, 2.45) is 0 Å². The number of nitrogens with zero attached hydrogens (tertiary/aromatic N) is 2. The van der Waals surface area contributed by atoms with Crippen molar-refractivity contribution in [2.75, 3.05) is 5.32 Å². The van der Waals surface area contributed by atoms with Crippen molar-refractivity contribution in [1.82, 2.24) is 10.2 Å². The number of H-pyrrole nitrogens is 1. The summed E-state index contributed by atoms with van der Waals surface area (Å²) in [5, 5.41) is 20.0. The Balaban J connectivity index is 1.93. The van der Waals surface area contributed by atoms with Crippen LogP contribution in [-0.4, -0.2) is 33.1 Å². The molecule has 2 N–H and O–H groups in total. The van der Waals surface area contributed by atoms with Gasteiger partial charge in [0.25, 0.3) is 5.91 Å². The Kier molecular flexibility index (Phi) is 6.14. The molecule has 150 valence electrons. The van der Waals surface area contributed by atoms with Gasteiger partial charge in [0.2, 0.25) is 0 Å². The second kappa shape index (κ2) is 8.39. The predicted molar refractivity (Wildman–Crippen MR) is 107 cm³/mol. The third-order valence-corrected chi connectivity index (χ3v) is 6.53. The summed E-state index contributed by atoms with van der Waals surface area (Å²) in [4.78, 5) is 36.7. The number of hydrogen-bond donors (Lipinski definition) is 2. The van der Waals surface area contributed by atoms with Gasteiger partial charge in [-0.1, -0.05) is 12.0 Å². The van der Waals surface area contributed by atoms with Crippen molar-refractivity contribution in [3.8, 4) is 0 Å². The fourth-order valence-corrected chi connectivity index (χ4v) is 4.72. The van der Waals surface area contributed by atoms with Crippen LogP contribution in [0.15, 0.2) is 4.47 Å². The number of ether oxygens (including phenoxy) is 1. The highest BCUT2D eigenvalue weighted by molar-refractivity contribution is 9.10. The van der Waals surface area contributed by atoms with Crippen LogP contribution in [0.4, 0.5) is 10.8 Å². The molecule has 9 nitrogen and oxygen atoms in total. The van der Waals surface area contributed by atoms with Crippen molar-refractivity contribution < 1.29 is 19.2 Å². The zero-order chi connectivity index (χ0) is 20.4. The molecule has 2 heterocycles. The van der Waals surface area contributed by atoms with Crippen LogP contribution in [0.5, 0.6) is 0 Å². The summed E-state index contributed by atoms with van der Waals surface area (Å²) in [6.07, 6.45) is 4.04. The first-order valence-electron chi connectivity index (χ1n) is 8.88. The number of halogens is 1. The topological polar surface area (TPSA) is 127 Å². The average Bonchev–Trinajstić information content (AvgIpc) is 3.21. The summed E-state index contributed by atoms with van der Waals surface area (Å²) in [5.74, 6) is -1.52. The fourth-order valence-electron chi connectivity index (χ4n) is 2.95. The first-order valence-corrected chi connectivity index (χ1v) is 10.5. The van der Waals surface area contributed by atoms with Crippen LogP contribution in [-0.2, 0) is 17.6 Å². The van der Waals surface area contributed by atoms with Crippen molar-refractivity contribution >= 4 is 50.0 Å². The van der Waals surface area contributed by atoms with Crippen LogP contribution in [0.3, 0.4) is 0 Å². The summed E-state index contributed by atoms with van der Waals surface area (Å²) >= 11 is 4.37. The number of fused-ring (bicyclic) bond motifs is 1. The van der Waals surface area contributed by atoms with E-state index in [4.69, 9.17) is 4.74 Å². The molecule has 28 heavy (non-hydrogen) atoms. The molecule has 3 rings (SSSR count). The van der Waals surface area contributed by atoms with Crippen molar-refractivity contribution in [3.63, 3.8) is 0 Å². The number of esters is 1. The van der Waals surface area contributed by atoms with Crippen LogP contribution in [0.1, 0.15) is 64.4 Å². The van der Waals surface area contributed by atoms with E-state index < -0.39 is 22.6 Å². The Morgan fingerprint density at radius 2 is 2.14 bits per heavy atom. The van der Waals surface area contributed by atoms with E-state index in [2.05, 4.69) is 31.4 Å². The molecule has 0 bridgehead atoms. The van der Waals surface area contributed by atoms with E-state index in [9.17, 15) is 19.7 Å². The molecule has 0 fully saturated rings. The molecule has 0 aliphatic heterocycles. The number of rotatable bonds is 6. The second-order valence-corrected chi connectivity index (χ2v) is 8.38. The van der Waals surface area contributed by atoms with E-state index in [0.717, 1.165) is 36.1 Å². The summed E-state index contributed by atoms with van der Waals surface area (Å²) < 4.78 is 5.45. The van der Waals surface area contributed by atoms with Gasteiger partial charge >= 0.3 is 11.8 Å². The van der Waals surface area contributed by atoms with Crippen LogP contribution < -0.4 is 5.32 Å². The van der Waals surface area contributed by atoms with Crippen molar-refractivity contribution in [1.29, 1.82) is 0 Å². The van der Waals surface area contributed by atoms with Gasteiger partial charge in [0.1, 0.15) is 9.47 Å². The molecule has 1 aliphatic rings. The van der Waals surface area contributed by atoms with Crippen LogP contribution in [0.2, 0.25) is 0 Å². The SMILES string of the molecule is CCC(C)OC(=O)c1c(NC(=O)c2n[nH]c([N+](=O)[O-])c2Br)sc2c1CCCC2. The number of nitrogens with one attached hydrogen (secondary N) is 2. The molecule has 0 saturated heterocycles. The molecule has 1 amide bonds. The lowest BCUT2D eigenvalue weighted by atomic mass is 9.95. The van der Waals surface area contributed by atoms with E-state index in [1.165, 1.54) is 11.3 Å². The Morgan fingerprint density at radius 1 is 1.43 bits per heavy atom. The molecule has 0 radical (unpaired) electrons. The van der Waals surface area contributed by atoms with Crippen LogP contribution in [0, 0.1) is 10.1 Å². The van der Waals surface area contributed by atoms with Gasteiger partial charge in [-0.25, -0.2) is 4.79 Å². The smallest absolute Gasteiger partial charge is 0.357 e. The maximum absolute atomic E-state index is 12.8. The van der Waals surface area contributed by atoms with E-state index in [0.29, 0.717) is 17.0 Å². The quantitative estimate of drug-likeness (QED) is 0.369. The van der Waals surface area contributed by atoms with Gasteiger partial charge in [0.15, 0.2) is 5.69 Å². The summed E-state index contributed by atoms with van der Waals surface area (Å²) in [6, 6.07) is 0. The number of carbonyl (C=O) groups is 2. The Hall–Kier alpha value is -2.27. The number of aromatic nitrogens is 2. The van der Waals surface area contributed by atoms with E-state index in [-0.39, 0.29) is 16.3 Å². The molecule has 1 atom stereocenters. The van der Waals surface area contributed by atoms with Crippen molar-refractivity contribution in [3.05, 3.63) is 36.3 Å². The minimum Gasteiger partial charge on any atom is -0.459 e. The largest absolute Gasteiger partial charge is 0.459 e. The predicted octanol–water partition coefficient (Wildman–Crippen LogP) is 4.23. The van der Waals surface area contributed by atoms with Crippen molar-refractivity contribution in [2.45, 2.75) is 52.1 Å². The number of carbonyl (C=O) groups excluding carboxylic acids is 2. The van der Waals surface area contributed by atoms with Crippen LogP contribution >= 0.6 is 27.3 Å². The Bertz CT molecular complexity index is 938. The molecule has 2 aromatic rings. The molecule has 2 aromatic heterocycles. The highest BCUT2D eigenvalue weighted by Gasteiger charge is 2.30. The van der Waals surface area contributed by atoms with Gasteiger partial charge in [0.05, 0.1) is 11.7 Å². The molecular weight excluding hydrogens is 452 g/mol. The maximum atomic E-state index is 12.8. The summed E-state index contributed by atoms with van der Waals surface area (Å²) in [6.45, 7) is 3.74. The normalized spacial score (nSPS) is 14.2. The lowest BCUT2D eigenvalue weighted by Crippen LogP contribution is -2.19. The zero-order valence-electron chi connectivity index (χ0n) is 15.3. The highest BCUT2D eigenvalue weighted by atomic mass is 79.9. The van der Waals surface area contributed by atoms with Crippen LogP contribution in [0.25, 0.3) is 0 Å². The van der Waals surface area contributed by atoms with E-state index >= 15 is 0 Å². The van der Waals surface area contributed by atoms with Gasteiger partial charge in [-0.05, 0) is 65.4 Å². The number of amides is 1. The molecule has 11 heteroatoms. The number of thiophene rings is 1. The molecule has 0 aromatic carbocycles. The minimum atomic E-state index is -0.674. The number of aryl methyl sites for hydroxylation is 1. The summed E-state index contributed by atoms with van der Waals surface area (Å²) in [5.41, 5.74) is 1.15. The Morgan fingerprint density at radius 3 is 2.79 bits per heavy atom. The fraction of sp³-hybridized carbons (Fsp3) is 0.471. The number of anilines is 1. The average molecular weight is 471 g/mol. The summed E-state index contributed by atoms with van der Waals surface area (Å²) in [7, 11) is 0. The minimum absolute atomic E-state index is 0.0416. The van der Waals surface area contributed by atoms with Gasteiger partial charge in [-0.2, -0.15) is 0 Å². The third-order valence-electron chi connectivity index (χ3n) is 4.57. The molecule has 1 unspecified atom stereocenters. The lowest BCUT2D eigenvalue weighted by molar-refractivity contribution is -0.390. The maximum Gasteiger partial charge on any atom is 0.357 e. The molecule has 1 aliphatic carbocycles. The van der Waals surface area contributed by atoms with E-state index in [1.807, 2.05) is 13.8 Å². The molecular formula is C17H19BrN4O5S. The first kappa shape index (κ1) is 20.5. The van der Waals surface area contributed by atoms with Gasteiger partial charge in [-0.15, -0.1) is 16.4 Å². The first-order chi connectivity index (χ1) is 13.3. The standard InChI is InChI=1S/C17H19BrN4O5S/c1-3-8(2)27-17(24)11-9-6-4-5-7-10(9)28-16(11)19-15(23)13-12(18)14(21-20-13)22(25)26/h8H,3-7H2,1-2H3,(H,19,23)(H,20,21). The van der Waals surface area contributed by atoms with Gasteiger partial charge in [-0.3, -0.25) is 4.79 Å². The monoisotopic (exact) mass is 470 g/mol. The van der Waals surface area contributed by atoms with Gasteiger partial charge < -0.3 is 20.2 Å². The highest BCUT2D eigenvalue weighted by Crippen LogP contribution is 2.39. The number of hydrogen-bond acceptors (Lipinski definition) is 7.